The minimum Gasteiger partial charge on any atom is -0.354 e. The predicted molar refractivity (Wildman–Crippen MR) is 148 cm³/mol. The molecular formula is C28H32ClFN4O2S. The molecule has 0 spiro atoms. The predicted octanol–water partition coefficient (Wildman–Crippen LogP) is 5.90. The molecule has 2 aromatic carbocycles. The van der Waals surface area contributed by atoms with Gasteiger partial charge in [0.2, 0.25) is 11.8 Å². The Morgan fingerprint density at radius 3 is 2.54 bits per heavy atom. The first kappa shape index (κ1) is 27.2. The number of anilines is 1. The summed E-state index contributed by atoms with van der Waals surface area (Å²) in [5.41, 5.74) is 2.82. The lowest BCUT2D eigenvalue weighted by molar-refractivity contribution is -0.123. The molecule has 2 heterocycles. The summed E-state index contributed by atoms with van der Waals surface area (Å²) < 4.78 is 15.5. The molecule has 3 aromatic rings. The number of amides is 2. The summed E-state index contributed by atoms with van der Waals surface area (Å²) in [6.45, 7) is 10.6. The number of hydrogen-bond donors (Lipinski definition) is 1. The molecular weight excluding hydrogens is 511 g/mol. The van der Waals surface area contributed by atoms with Crippen LogP contribution in [-0.2, 0) is 15.0 Å². The Bertz CT molecular complexity index is 1300. The summed E-state index contributed by atoms with van der Waals surface area (Å²) in [4.78, 5) is 28.1. The molecule has 0 bridgehead atoms. The highest BCUT2D eigenvalue weighted by Gasteiger charge is 2.40. The maximum atomic E-state index is 13.8. The van der Waals surface area contributed by atoms with Crippen molar-refractivity contribution in [2.45, 2.75) is 45.3 Å². The summed E-state index contributed by atoms with van der Waals surface area (Å²) in [6, 6.07) is 13.6. The number of aromatic nitrogens is 2. The van der Waals surface area contributed by atoms with E-state index in [1.54, 1.807) is 16.8 Å². The lowest BCUT2D eigenvalue weighted by Crippen LogP contribution is -2.43. The first-order valence-electron chi connectivity index (χ1n) is 12.3. The third kappa shape index (κ3) is 6.02. The van der Waals surface area contributed by atoms with Crippen molar-refractivity contribution in [3.8, 4) is 5.69 Å². The van der Waals surface area contributed by atoms with E-state index < -0.39 is 0 Å². The van der Waals surface area contributed by atoms with Crippen LogP contribution in [0.1, 0.15) is 56.7 Å². The van der Waals surface area contributed by atoms with Gasteiger partial charge in [-0.25, -0.2) is 9.07 Å². The van der Waals surface area contributed by atoms with Crippen LogP contribution in [0.5, 0.6) is 0 Å². The summed E-state index contributed by atoms with van der Waals surface area (Å²) >= 11 is 7.86. The van der Waals surface area contributed by atoms with E-state index >= 15 is 0 Å². The zero-order valence-electron chi connectivity index (χ0n) is 21.7. The molecule has 6 nitrogen and oxygen atoms in total. The van der Waals surface area contributed by atoms with E-state index in [2.05, 4.69) is 26.1 Å². The van der Waals surface area contributed by atoms with E-state index in [1.165, 1.54) is 28.8 Å². The summed E-state index contributed by atoms with van der Waals surface area (Å²) in [6.07, 6.45) is 0. The average molecular weight is 543 g/mol. The maximum Gasteiger partial charge on any atom is 0.240 e. The largest absolute Gasteiger partial charge is 0.354 e. The molecule has 196 valence electrons. The number of carbonyl (C=O) groups is 2. The van der Waals surface area contributed by atoms with Crippen molar-refractivity contribution in [3.05, 3.63) is 76.2 Å². The van der Waals surface area contributed by atoms with Crippen molar-refractivity contribution in [2.24, 2.45) is 5.92 Å². The molecule has 0 fully saturated rings. The van der Waals surface area contributed by atoms with Crippen LogP contribution in [0.2, 0.25) is 5.02 Å². The normalized spacial score (nSPS) is 16.1. The number of benzene rings is 2. The maximum absolute atomic E-state index is 13.8. The van der Waals surface area contributed by atoms with Gasteiger partial charge in [0.05, 0.1) is 22.4 Å². The molecule has 9 heteroatoms. The minimum absolute atomic E-state index is 0.141. The van der Waals surface area contributed by atoms with E-state index in [4.69, 9.17) is 16.7 Å². The number of halogens is 2. The molecule has 0 saturated heterocycles. The van der Waals surface area contributed by atoms with Crippen LogP contribution in [0.15, 0.2) is 48.5 Å². The van der Waals surface area contributed by atoms with Gasteiger partial charge in [0, 0.05) is 22.5 Å². The van der Waals surface area contributed by atoms with Crippen LogP contribution in [0.4, 0.5) is 10.2 Å². The van der Waals surface area contributed by atoms with E-state index in [1.807, 2.05) is 38.1 Å². The van der Waals surface area contributed by atoms with Crippen LogP contribution in [-0.4, -0.2) is 40.4 Å². The Balaban J connectivity index is 1.96. The Hall–Kier alpha value is -2.84. The number of carbonyl (C=O) groups excluding carboxylic acids is 2. The molecule has 1 aliphatic heterocycles. The quantitative estimate of drug-likeness (QED) is 0.421. The van der Waals surface area contributed by atoms with E-state index in [0.717, 1.165) is 16.8 Å². The first-order chi connectivity index (χ1) is 17.5. The average Bonchev–Trinajstić information content (AvgIpc) is 3.16. The number of nitrogens with one attached hydrogen (secondary N) is 1. The monoisotopic (exact) mass is 542 g/mol. The Kier molecular flexibility index (Phi) is 7.99. The molecule has 1 atom stereocenters. The van der Waals surface area contributed by atoms with Crippen molar-refractivity contribution in [3.63, 3.8) is 0 Å². The van der Waals surface area contributed by atoms with Crippen LogP contribution < -0.4 is 10.2 Å². The molecule has 4 rings (SSSR count). The van der Waals surface area contributed by atoms with Crippen molar-refractivity contribution in [1.29, 1.82) is 0 Å². The number of nitrogens with zero attached hydrogens (tertiary/aromatic N) is 3. The summed E-state index contributed by atoms with van der Waals surface area (Å²) in [5, 5.41) is 8.27. The highest BCUT2D eigenvalue weighted by molar-refractivity contribution is 8.00. The Morgan fingerprint density at radius 1 is 1.22 bits per heavy atom. The third-order valence-corrected chi connectivity index (χ3v) is 7.52. The molecule has 2 amide bonds. The fourth-order valence-electron chi connectivity index (χ4n) is 4.29. The molecule has 0 radical (unpaired) electrons. The van der Waals surface area contributed by atoms with Gasteiger partial charge >= 0.3 is 0 Å². The number of hydrogen-bond acceptors (Lipinski definition) is 4. The molecule has 1 aromatic heterocycles. The zero-order chi connectivity index (χ0) is 26.9. The van der Waals surface area contributed by atoms with Gasteiger partial charge in [0.1, 0.15) is 18.2 Å². The van der Waals surface area contributed by atoms with Gasteiger partial charge in [0.15, 0.2) is 0 Å². The Morgan fingerprint density at radius 2 is 1.92 bits per heavy atom. The van der Waals surface area contributed by atoms with Crippen LogP contribution in [0.25, 0.3) is 5.69 Å². The highest BCUT2D eigenvalue weighted by Crippen LogP contribution is 2.48. The van der Waals surface area contributed by atoms with Crippen molar-refractivity contribution >= 4 is 41.0 Å². The molecule has 0 aliphatic carbocycles. The Labute approximate surface area is 226 Å². The standard InChI is InChI=1S/C28H32ClFN4O2S/c1-17(2)14-31-22(35)15-33-23(36)16-37-25(18-7-6-8-19(29)13-18)24-26(28(3,4)5)32-34(27(24)33)21-11-9-20(30)10-12-21/h6-13,17,25H,14-16H2,1-5H3,(H,31,35)/t25-/m1/s1. The molecule has 1 N–H and O–H groups in total. The molecule has 1 aliphatic rings. The SMILES string of the molecule is CC(C)CNC(=O)CN1C(=O)CS[C@H](c2cccc(Cl)c2)c2c(C(C)(C)C)nn(-c3ccc(F)cc3)c21. The van der Waals surface area contributed by atoms with E-state index in [0.29, 0.717) is 23.1 Å². The van der Waals surface area contributed by atoms with Gasteiger partial charge in [-0.05, 0) is 47.9 Å². The first-order valence-corrected chi connectivity index (χ1v) is 13.7. The minimum atomic E-state index is -0.383. The highest BCUT2D eigenvalue weighted by atomic mass is 35.5. The van der Waals surface area contributed by atoms with Gasteiger partial charge in [-0.3, -0.25) is 14.5 Å². The molecule has 37 heavy (non-hydrogen) atoms. The van der Waals surface area contributed by atoms with Gasteiger partial charge in [0.25, 0.3) is 0 Å². The van der Waals surface area contributed by atoms with Gasteiger partial charge in [-0.2, -0.15) is 5.10 Å². The molecule has 0 unspecified atom stereocenters. The van der Waals surface area contributed by atoms with Crippen LogP contribution >= 0.6 is 23.4 Å². The van der Waals surface area contributed by atoms with Crippen molar-refractivity contribution in [2.75, 3.05) is 23.7 Å². The van der Waals surface area contributed by atoms with E-state index in [-0.39, 0.29) is 46.5 Å². The van der Waals surface area contributed by atoms with Crippen LogP contribution in [0, 0.1) is 11.7 Å². The van der Waals surface area contributed by atoms with E-state index in [9.17, 15) is 14.0 Å². The summed E-state index contributed by atoms with van der Waals surface area (Å²) in [7, 11) is 0. The fourth-order valence-corrected chi connectivity index (χ4v) is 5.67. The second-order valence-electron chi connectivity index (χ2n) is 10.6. The molecule has 0 saturated carbocycles. The summed E-state index contributed by atoms with van der Waals surface area (Å²) in [5.74, 6) is 0.167. The topological polar surface area (TPSA) is 67.2 Å². The van der Waals surface area contributed by atoms with Crippen molar-refractivity contribution < 1.29 is 14.0 Å². The third-order valence-electron chi connectivity index (χ3n) is 6.03. The second-order valence-corrected chi connectivity index (χ2v) is 12.2. The number of rotatable bonds is 6. The second kappa shape index (κ2) is 10.9. The smallest absolute Gasteiger partial charge is 0.240 e. The van der Waals surface area contributed by atoms with Crippen LogP contribution in [0.3, 0.4) is 0 Å². The number of thioether (sulfide) groups is 1. The van der Waals surface area contributed by atoms with Gasteiger partial charge < -0.3 is 5.32 Å². The lowest BCUT2D eigenvalue weighted by atomic mass is 9.87. The zero-order valence-corrected chi connectivity index (χ0v) is 23.3. The lowest BCUT2D eigenvalue weighted by Gasteiger charge is -2.24. The van der Waals surface area contributed by atoms with Gasteiger partial charge in [-0.1, -0.05) is 58.4 Å². The van der Waals surface area contributed by atoms with Gasteiger partial charge in [-0.15, -0.1) is 11.8 Å². The number of fused-ring (bicyclic) bond motifs is 1. The fraction of sp³-hybridized carbons (Fsp3) is 0.393. The van der Waals surface area contributed by atoms with Crippen molar-refractivity contribution in [1.82, 2.24) is 15.1 Å².